The average molecular weight is 228 g/mol. The number of nitrogens with zero attached hydrogens (tertiary/aromatic N) is 2. The molecule has 0 aliphatic heterocycles. The molecule has 2 rings (SSSR count). The maximum absolute atomic E-state index is 5.53. The summed E-state index contributed by atoms with van der Waals surface area (Å²) in [6.07, 6.45) is 4.14. The molecule has 88 valence electrons. The van der Waals surface area contributed by atoms with E-state index in [0.29, 0.717) is 11.6 Å². The molecule has 0 fully saturated rings. The Bertz CT molecular complexity index is 453. The van der Waals surface area contributed by atoms with Crippen LogP contribution in [0.3, 0.4) is 0 Å². The molecule has 1 unspecified atom stereocenters. The first-order chi connectivity index (χ1) is 8.24. The van der Waals surface area contributed by atoms with Crippen LogP contribution in [0, 0.1) is 0 Å². The van der Waals surface area contributed by atoms with Crippen molar-refractivity contribution in [3.63, 3.8) is 0 Å². The number of anilines is 2. The average Bonchev–Trinajstić information content (AvgIpc) is 2.33. The summed E-state index contributed by atoms with van der Waals surface area (Å²) in [5.41, 5.74) is 7.40. The molecule has 2 aromatic rings. The second kappa shape index (κ2) is 5.30. The van der Waals surface area contributed by atoms with Crippen LogP contribution in [-0.2, 0) is 6.42 Å². The Morgan fingerprint density at radius 3 is 2.47 bits per heavy atom. The van der Waals surface area contributed by atoms with Gasteiger partial charge in [-0.15, -0.1) is 0 Å². The highest BCUT2D eigenvalue weighted by molar-refractivity contribution is 5.36. The quantitative estimate of drug-likeness (QED) is 0.841. The lowest BCUT2D eigenvalue weighted by atomic mass is 10.1. The van der Waals surface area contributed by atoms with Gasteiger partial charge in [0.05, 0.1) is 18.1 Å². The lowest BCUT2D eigenvalue weighted by Crippen LogP contribution is -2.19. The SMILES string of the molecule is CC(Cc1ccccc1)Nc1ncc(N)cn1. The van der Waals surface area contributed by atoms with E-state index in [4.69, 9.17) is 5.73 Å². The summed E-state index contributed by atoms with van der Waals surface area (Å²) in [5, 5.41) is 3.24. The molecule has 0 aliphatic carbocycles. The van der Waals surface area contributed by atoms with Gasteiger partial charge in [-0.2, -0.15) is 0 Å². The zero-order chi connectivity index (χ0) is 12.1. The van der Waals surface area contributed by atoms with Crippen LogP contribution in [0.4, 0.5) is 11.6 Å². The van der Waals surface area contributed by atoms with Crippen LogP contribution in [0.2, 0.25) is 0 Å². The van der Waals surface area contributed by atoms with Crippen LogP contribution in [-0.4, -0.2) is 16.0 Å². The van der Waals surface area contributed by atoms with Gasteiger partial charge in [0, 0.05) is 6.04 Å². The minimum absolute atomic E-state index is 0.279. The number of nitrogen functional groups attached to an aromatic ring is 1. The zero-order valence-electron chi connectivity index (χ0n) is 9.80. The summed E-state index contributed by atoms with van der Waals surface area (Å²) >= 11 is 0. The van der Waals surface area contributed by atoms with Crippen molar-refractivity contribution >= 4 is 11.6 Å². The summed E-state index contributed by atoms with van der Waals surface area (Å²) in [6, 6.07) is 10.6. The minimum atomic E-state index is 0.279. The van der Waals surface area contributed by atoms with Crippen LogP contribution < -0.4 is 11.1 Å². The van der Waals surface area contributed by atoms with Gasteiger partial charge in [-0.05, 0) is 18.9 Å². The van der Waals surface area contributed by atoms with Crippen molar-refractivity contribution in [1.29, 1.82) is 0 Å². The molecular weight excluding hydrogens is 212 g/mol. The third-order valence-corrected chi connectivity index (χ3v) is 2.43. The van der Waals surface area contributed by atoms with Crippen LogP contribution in [0.15, 0.2) is 42.7 Å². The fraction of sp³-hybridized carbons (Fsp3) is 0.231. The van der Waals surface area contributed by atoms with Crippen LogP contribution >= 0.6 is 0 Å². The van der Waals surface area contributed by atoms with E-state index in [1.54, 1.807) is 12.4 Å². The molecule has 17 heavy (non-hydrogen) atoms. The molecule has 0 radical (unpaired) electrons. The van der Waals surface area contributed by atoms with Crippen molar-refractivity contribution in [3.8, 4) is 0 Å². The predicted molar refractivity (Wildman–Crippen MR) is 69.7 cm³/mol. The van der Waals surface area contributed by atoms with Gasteiger partial charge >= 0.3 is 0 Å². The first kappa shape index (κ1) is 11.4. The Hall–Kier alpha value is -2.10. The number of hydrogen-bond donors (Lipinski definition) is 2. The topological polar surface area (TPSA) is 63.8 Å². The molecule has 3 N–H and O–H groups in total. The van der Waals surface area contributed by atoms with Crippen molar-refractivity contribution in [2.24, 2.45) is 0 Å². The van der Waals surface area contributed by atoms with Gasteiger partial charge in [-0.1, -0.05) is 30.3 Å². The van der Waals surface area contributed by atoms with Gasteiger partial charge in [0.15, 0.2) is 0 Å². The van der Waals surface area contributed by atoms with E-state index in [1.807, 2.05) is 18.2 Å². The maximum Gasteiger partial charge on any atom is 0.222 e. The number of nitrogens with two attached hydrogens (primary N) is 1. The van der Waals surface area contributed by atoms with E-state index in [2.05, 4.69) is 34.3 Å². The summed E-state index contributed by atoms with van der Waals surface area (Å²) in [4.78, 5) is 8.23. The molecule has 0 amide bonds. The standard InChI is InChI=1S/C13H16N4/c1-10(7-11-5-3-2-4-6-11)17-13-15-8-12(14)9-16-13/h2-6,8-10H,7,14H2,1H3,(H,15,16,17). The number of aromatic nitrogens is 2. The highest BCUT2D eigenvalue weighted by Crippen LogP contribution is 2.07. The van der Waals surface area contributed by atoms with Gasteiger partial charge in [0.2, 0.25) is 5.95 Å². The Labute approximate surface area is 101 Å². The number of nitrogens with one attached hydrogen (secondary N) is 1. The fourth-order valence-electron chi connectivity index (χ4n) is 1.65. The van der Waals surface area contributed by atoms with Gasteiger partial charge in [0.25, 0.3) is 0 Å². The highest BCUT2D eigenvalue weighted by Gasteiger charge is 2.04. The molecular formula is C13H16N4. The van der Waals surface area contributed by atoms with E-state index in [0.717, 1.165) is 6.42 Å². The summed E-state index contributed by atoms with van der Waals surface area (Å²) in [5.74, 6) is 0.614. The molecule has 1 heterocycles. The van der Waals surface area contributed by atoms with Crippen LogP contribution in [0.25, 0.3) is 0 Å². The largest absolute Gasteiger partial charge is 0.396 e. The first-order valence-corrected chi connectivity index (χ1v) is 5.62. The second-order valence-corrected chi connectivity index (χ2v) is 4.08. The number of benzene rings is 1. The second-order valence-electron chi connectivity index (χ2n) is 4.08. The van der Waals surface area contributed by atoms with Crippen molar-refractivity contribution in [3.05, 3.63) is 48.3 Å². The monoisotopic (exact) mass is 228 g/mol. The van der Waals surface area contributed by atoms with E-state index >= 15 is 0 Å². The molecule has 1 atom stereocenters. The van der Waals surface area contributed by atoms with Crippen molar-refractivity contribution in [1.82, 2.24) is 9.97 Å². The Morgan fingerprint density at radius 2 is 1.82 bits per heavy atom. The van der Waals surface area contributed by atoms with E-state index < -0.39 is 0 Å². The van der Waals surface area contributed by atoms with Gasteiger partial charge < -0.3 is 11.1 Å². The van der Waals surface area contributed by atoms with E-state index in [9.17, 15) is 0 Å². The first-order valence-electron chi connectivity index (χ1n) is 5.62. The lowest BCUT2D eigenvalue weighted by molar-refractivity contribution is 0.777. The van der Waals surface area contributed by atoms with Gasteiger partial charge in [0.1, 0.15) is 0 Å². The summed E-state index contributed by atoms with van der Waals surface area (Å²) in [6.45, 7) is 2.10. The predicted octanol–water partition coefficient (Wildman–Crippen LogP) is 2.10. The molecule has 1 aromatic heterocycles. The molecule has 0 bridgehead atoms. The normalized spacial score (nSPS) is 12.1. The third-order valence-electron chi connectivity index (χ3n) is 2.43. The molecule has 4 nitrogen and oxygen atoms in total. The lowest BCUT2D eigenvalue weighted by Gasteiger charge is -2.13. The number of rotatable bonds is 4. The minimum Gasteiger partial charge on any atom is -0.396 e. The summed E-state index contributed by atoms with van der Waals surface area (Å²) in [7, 11) is 0. The fourth-order valence-corrected chi connectivity index (χ4v) is 1.65. The maximum atomic E-state index is 5.53. The zero-order valence-corrected chi connectivity index (χ0v) is 9.80. The third kappa shape index (κ3) is 3.45. The Kier molecular flexibility index (Phi) is 3.55. The van der Waals surface area contributed by atoms with Crippen molar-refractivity contribution < 1.29 is 0 Å². The molecule has 0 spiro atoms. The van der Waals surface area contributed by atoms with Crippen LogP contribution in [0.5, 0.6) is 0 Å². The Balaban J connectivity index is 1.93. The summed E-state index contributed by atoms with van der Waals surface area (Å²) < 4.78 is 0. The van der Waals surface area contributed by atoms with Crippen molar-refractivity contribution in [2.75, 3.05) is 11.1 Å². The molecule has 1 aromatic carbocycles. The van der Waals surface area contributed by atoms with Crippen molar-refractivity contribution in [2.45, 2.75) is 19.4 Å². The van der Waals surface area contributed by atoms with E-state index in [1.165, 1.54) is 5.56 Å². The van der Waals surface area contributed by atoms with Gasteiger partial charge in [-0.3, -0.25) is 0 Å². The molecule has 0 saturated heterocycles. The Morgan fingerprint density at radius 1 is 1.18 bits per heavy atom. The molecule has 0 saturated carbocycles. The highest BCUT2D eigenvalue weighted by atomic mass is 15.1. The smallest absolute Gasteiger partial charge is 0.222 e. The number of hydrogen-bond acceptors (Lipinski definition) is 4. The van der Waals surface area contributed by atoms with E-state index in [-0.39, 0.29) is 6.04 Å². The van der Waals surface area contributed by atoms with Crippen LogP contribution in [0.1, 0.15) is 12.5 Å². The molecule has 4 heteroatoms. The van der Waals surface area contributed by atoms with Gasteiger partial charge in [-0.25, -0.2) is 9.97 Å². The molecule has 0 aliphatic rings.